The Morgan fingerprint density at radius 2 is 1.88 bits per heavy atom. The van der Waals surface area contributed by atoms with Gasteiger partial charge in [-0.15, -0.1) is 0 Å². The molecule has 1 amide bonds. The number of piperidine rings is 1. The average molecular weight is 340 g/mol. The van der Waals surface area contributed by atoms with Crippen LogP contribution in [-0.2, 0) is 6.42 Å². The summed E-state index contributed by atoms with van der Waals surface area (Å²) in [5, 5.41) is 7.68. The number of nitrogens with zero attached hydrogens (tertiary/aromatic N) is 3. The first-order valence-electron chi connectivity index (χ1n) is 9.29. The maximum absolute atomic E-state index is 12.8. The van der Waals surface area contributed by atoms with Crippen LogP contribution in [0.5, 0.6) is 0 Å². The number of hydrogen-bond acceptors (Lipinski definition) is 3. The molecule has 0 bridgehead atoms. The van der Waals surface area contributed by atoms with E-state index in [4.69, 9.17) is 0 Å². The van der Waals surface area contributed by atoms with Gasteiger partial charge in [-0.05, 0) is 44.9 Å². The molecule has 0 saturated carbocycles. The van der Waals surface area contributed by atoms with Crippen molar-refractivity contribution in [1.82, 2.24) is 20.0 Å². The van der Waals surface area contributed by atoms with Gasteiger partial charge in [0.25, 0.3) is 5.91 Å². The van der Waals surface area contributed by atoms with Crippen molar-refractivity contribution in [3.05, 3.63) is 47.3 Å². The van der Waals surface area contributed by atoms with Crippen molar-refractivity contribution >= 4 is 5.91 Å². The first-order chi connectivity index (χ1) is 12.1. The summed E-state index contributed by atoms with van der Waals surface area (Å²) in [4.78, 5) is 15.2. The van der Waals surface area contributed by atoms with Crippen LogP contribution in [0.25, 0.3) is 5.69 Å². The number of carbonyl (C=O) groups excluding carboxylic acids is 1. The van der Waals surface area contributed by atoms with Crippen LogP contribution in [-0.4, -0.2) is 46.3 Å². The molecule has 0 radical (unpaired) electrons. The average Bonchev–Trinajstić information content (AvgIpc) is 3.07. The van der Waals surface area contributed by atoms with Crippen molar-refractivity contribution in [1.29, 1.82) is 0 Å². The lowest BCUT2D eigenvalue weighted by atomic mass is 10.0. The fraction of sp³-hybridized carbons (Fsp3) is 0.500. The van der Waals surface area contributed by atoms with Crippen molar-refractivity contribution in [2.45, 2.75) is 46.1 Å². The Morgan fingerprint density at radius 1 is 1.20 bits per heavy atom. The van der Waals surface area contributed by atoms with Crippen LogP contribution < -0.4 is 5.32 Å². The molecule has 2 aromatic rings. The number of rotatable bonds is 5. The second kappa shape index (κ2) is 7.83. The third kappa shape index (κ3) is 3.93. The van der Waals surface area contributed by atoms with Gasteiger partial charge in [-0.1, -0.05) is 31.5 Å². The lowest BCUT2D eigenvalue weighted by molar-refractivity contribution is 0.0911. The molecule has 1 saturated heterocycles. The van der Waals surface area contributed by atoms with Crippen LogP contribution >= 0.6 is 0 Å². The largest absolute Gasteiger partial charge is 0.349 e. The summed E-state index contributed by atoms with van der Waals surface area (Å²) in [6.45, 7) is 9.53. The van der Waals surface area contributed by atoms with E-state index in [0.717, 1.165) is 50.3 Å². The number of benzene rings is 1. The Balaban J connectivity index is 1.74. The van der Waals surface area contributed by atoms with Crippen LogP contribution in [0.15, 0.2) is 30.5 Å². The summed E-state index contributed by atoms with van der Waals surface area (Å²) in [5.74, 6) is 0.00478. The maximum Gasteiger partial charge on any atom is 0.254 e. The van der Waals surface area contributed by atoms with Gasteiger partial charge in [0.05, 0.1) is 23.1 Å². The van der Waals surface area contributed by atoms with Gasteiger partial charge in [-0.3, -0.25) is 4.79 Å². The Kier molecular flexibility index (Phi) is 5.53. The van der Waals surface area contributed by atoms with Gasteiger partial charge >= 0.3 is 0 Å². The Labute approximate surface area is 150 Å². The molecule has 0 atom stereocenters. The standard InChI is InChI=1S/C20H28N4O/c1-4-19-18(14-21-24(19)17-8-6-15(3)7-9-17)20(25)22-16-10-12-23(5-2)13-11-16/h6-9,14,16H,4-5,10-13H2,1-3H3,(H,22,25). The van der Waals surface area contributed by atoms with E-state index in [1.807, 2.05) is 16.8 Å². The Hall–Kier alpha value is -2.14. The highest BCUT2D eigenvalue weighted by molar-refractivity contribution is 5.95. The van der Waals surface area contributed by atoms with Crippen molar-refractivity contribution in [2.24, 2.45) is 0 Å². The molecule has 1 N–H and O–H groups in total. The summed E-state index contributed by atoms with van der Waals surface area (Å²) in [6, 6.07) is 8.49. The first kappa shape index (κ1) is 17.7. The molecule has 1 aromatic heterocycles. The van der Waals surface area contributed by atoms with E-state index in [1.54, 1.807) is 6.20 Å². The number of carbonyl (C=O) groups is 1. The van der Waals surface area contributed by atoms with E-state index in [0.29, 0.717) is 5.56 Å². The molecule has 0 unspecified atom stereocenters. The van der Waals surface area contributed by atoms with Gasteiger partial charge in [0.2, 0.25) is 0 Å². The summed E-state index contributed by atoms with van der Waals surface area (Å²) < 4.78 is 1.88. The lowest BCUT2D eigenvalue weighted by Crippen LogP contribution is -2.44. The van der Waals surface area contributed by atoms with Gasteiger partial charge in [-0.2, -0.15) is 5.10 Å². The SMILES string of the molecule is CCc1c(C(=O)NC2CCN(CC)CC2)cnn1-c1ccc(C)cc1. The third-order valence-corrected chi connectivity index (χ3v) is 5.10. The number of aryl methyl sites for hydroxylation is 1. The van der Waals surface area contributed by atoms with E-state index in [2.05, 4.69) is 48.2 Å². The molecule has 1 fully saturated rings. The number of hydrogen-bond donors (Lipinski definition) is 1. The van der Waals surface area contributed by atoms with Gasteiger partial charge in [0.15, 0.2) is 0 Å². The van der Waals surface area contributed by atoms with Crippen LogP contribution in [0.4, 0.5) is 0 Å². The Morgan fingerprint density at radius 3 is 2.48 bits per heavy atom. The molecule has 0 aliphatic carbocycles. The van der Waals surface area contributed by atoms with Crippen LogP contribution in [0.3, 0.4) is 0 Å². The molecule has 3 rings (SSSR count). The number of amides is 1. The van der Waals surface area contributed by atoms with E-state index >= 15 is 0 Å². The minimum Gasteiger partial charge on any atom is -0.349 e. The predicted octanol–water partition coefficient (Wildman–Crippen LogP) is 2.96. The smallest absolute Gasteiger partial charge is 0.254 e. The lowest BCUT2D eigenvalue weighted by Gasteiger charge is -2.31. The van der Waals surface area contributed by atoms with E-state index in [1.165, 1.54) is 5.56 Å². The van der Waals surface area contributed by atoms with Crippen molar-refractivity contribution in [3.63, 3.8) is 0 Å². The zero-order valence-electron chi connectivity index (χ0n) is 15.5. The fourth-order valence-electron chi connectivity index (χ4n) is 3.47. The zero-order valence-corrected chi connectivity index (χ0v) is 15.5. The predicted molar refractivity (Wildman–Crippen MR) is 100 cm³/mol. The van der Waals surface area contributed by atoms with Gasteiger partial charge in [0, 0.05) is 19.1 Å². The molecule has 1 aromatic carbocycles. The first-order valence-corrected chi connectivity index (χ1v) is 9.29. The summed E-state index contributed by atoms with van der Waals surface area (Å²) in [5.41, 5.74) is 3.87. The minimum absolute atomic E-state index is 0.00478. The van der Waals surface area contributed by atoms with Crippen LogP contribution in [0.2, 0.25) is 0 Å². The van der Waals surface area contributed by atoms with E-state index < -0.39 is 0 Å². The number of likely N-dealkylation sites (tertiary alicyclic amines) is 1. The summed E-state index contributed by atoms with van der Waals surface area (Å²) in [7, 11) is 0. The Bertz CT molecular complexity index is 712. The van der Waals surface area contributed by atoms with E-state index in [-0.39, 0.29) is 11.9 Å². The third-order valence-electron chi connectivity index (χ3n) is 5.10. The summed E-state index contributed by atoms with van der Waals surface area (Å²) in [6.07, 6.45) is 4.51. The normalized spacial score (nSPS) is 16.1. The summed E-state index contributed by atoms with van der Waals surface area (Å²) >= 11 is 0. The van der Waals surface area contributed by atoms with Crippen molar-refractivity contribution in [2.75, 3.05) is 19.6 Å². The molecule has 2 heterocycles. The van der Waals surface area contributed by atoms with Crippen LogP contribution in [0.1, 0.15) is 48.3 Å². The van der Waals surface area contributed by atoms with Gasteiger partial charge < -0.3 is 10.2 Å². The van der Waals surface area contributed by atoms with E-state index in [9.17, 15) is 4.79 Å². The zero-order chi connectivity index (χ0) is 17.8. The topological polar surface area (TPSA) is 50.2 Å². The van der Waals surface area contributed by atoms with Crippen LogP contribution in [0, 0.1) is 6.92 Å². The second-order valence-electron chi connectivity index (χ2n) is 6.79. The highest BCUT2D eigenvalue weighted by Gasteiger charge is 2.23. The van der Waals surface area contributed by atoms with Gasteiger partial charge in [-0.25, -0.2) is 4.68 Å². The highest BCUT2D eigenvalue weighted by Crippen LogP contribution is 2.18. The number of nitrogens with one attached hydrogen (secondary N) is 1. The maximum atomic E-state index is 12.8. The minimum atomic E-state index is 0.00478. The highest BCUT2D eigenvalue weighted by atomic mass is 16.1. The van der Waals surface area contributed by atoms with Gasteiger partial charge in [0.1, 0.15) is 0 Å². The van der Waals surface area contributed by atoms with Crippen molar-refractivity contribution < 1.29 is 4.79 Å². The van der Waals surface area contributed by atoms with Crippen molar-refractivity contribution in [3.8, 4) is 5.69 Å². The molecule has 25 heavy (non-hydrogen) atoms. The monoisotopic (exact) mass is 340 g/mol. The molecule has 1 aliphatic heterocycles. The molecule has 5 heteroatoms. The molecule has 5 nitrogen and oxygen atoms in total. The number of aromatic nitrogens is 2. The molecular weight excluding hydrogens is 312 g/mol. The molecule has 134 valence electrons. The molecular formula is C20H28N4O. The fourth-order valence-corrected chi connectivity index (χ4v) is 3.47. The molecule has 0 spiro atoms. The quantitative estimate of drug-likeness (QED) is 0.910. The second-order valence-corrected chi connectivity index (χ2v) is 6.79. The molecule has 1 aliphatic rings.